The number of halogens is 2. The fourth-order valence-corrected chi connectivity index (χ4v) is 4.06. The molecule has 0 spiro atoms. The van der Waals surface area contributed by atoms with Gasteiger partial charge in [-0.05, 0) is 51.0 Å². The number of carbonyl (C=O) groups excluding carboxylic acids is 3. The van der Waals surface area contributed by atoms with Crippen LogP contribution in [-0.4, -0.2) is 37.7 Å². The minimum Gasteiger partial charge on any atom is -0.492 e. The molecule has 7 nitrogen and oxygen atoms in total. The van der Waals surface area contributed by atoms with Crippen LogP contribution in [0.1, 0.15) is 40.6 Å². The van der Waals surface area contributed by atoms with Crippen LogP contribution < -0.4 is 10.1 Å². The van der Waals surface area contributed by atoms with Crippen molar-refractivity contribution in [1.29, 1.82) is 0 Å². The standard InChI is InChI=1S/C21H23Cl2NO6S/c1-4-28-21(27)19-12(2)13(3)31-20(19)24-17(25)11-30-18(26)6-5-9-29-16-8-7-14(22)10-15(16)23/h7-8,10H,4-6,9,11H2,1-3H3,(H,24,25). The van der Waals surface area contributed by atoms with E-state index in [1.165, 1.54) is 11.3 Å². The molecule has 0 saturated carbocycles. The van der Waals surface area contributed by atoms with E-state index in [0.29, 0.717) is 32.8 Å². The highest BCUT2D eigenvalue weighted by atomic mass is 35.5. The summed E-state index contributed by atoms with van der Waals surface area (Å²) in [6.07, 6.45) is 0.458. The van der Waals surface area contributed by atoms with Crippen molar-refractivity contribution in [2.45, 2.75) is 33.6 Å². The van der Waals surface area contributed by atoms with Crippen LogP contribution in [0, 0.1) is 13.8 Å². The number of nitrogens with one attached hydrogen (secondary N) is 1. The Morgan fingerprint density at radius 3 is 2.55 bits per heavy atom. The van der Waals surface area contributed by atoms with Crippen molar-refractivity contribution >= 4 is 57.4 Å². The second kappa shape index (κ2) is 11.9. The molecule has 0 aliphatic rings. The largest absolute Gasteiger partial charge is 0.492 e. The molecule has 1 aromatic carbocycles. The molecule has 0 radical (unpaired) electrons. The van der Waals surface area contributed by atoms with Gasteiger partial charge in [-0.3, -0.25) is 9.59 Å². The van der Waals surface area contributed by atoms with E-state index in [1.807, 2.05) is 6.92 Å². The van der Waals surface area contributed by atoms with E-state index in [9.17, 15) is 14.4 Å². The minimum absolute atomic E-state index is 0.0732. The fourth-order valence-electron chi connectivity index (χ4n) is 2.54. The van der Waals surface area contributed by atoms with E-state index in [0.717, 1.165) is 10.4 Å². The number of esters is 2. The predicted octanol–water partition coefficient (Wildman–Crippen LogP) is 5.19. The maximum atomic E-state index is 12.2. The van der Waals surface area contributed by atoms with Crippen LogP contribution >= 0.6 is 34.5 Å². The maximum absolute atomic E-state index is 12.2. The minimum atomic E-state index is -0.538. The van der Waals surface area contributed by atoms with E-state index in [1.54, 1.807) is 32.0 Å². The molecule has 2 aromatic rings. The quantitative estimate of drug-likeness (QED) is 0.366. The summed E-state index contributed by atoms with van der Waals surface area (Å²) in [5.74, 6) is -1.11. The summed E-state index contributed by atoms with van der Waals surface area (Å²) in [6, 6.07) is 4.86. The maximum Gasteiger partial charge on any atom is 0.341 e. The lowest BCUT2D eigenvalue weighted by Crippen LogP contribution is -2.22. The van der Waals surface area contributed by atoms with E-state index < -0.39 is 24.5 Å². The van der Waals surface area contributed by atoms with Gasteiger partial charge in [-0.25, -0.2) is 4.79 Å². The first-order chi connectivity index (χ1) is 14.7. The van der Waals surface area contributed by atoms with Gasteiger partial charge in [0.1, 0.15) is 10.8 Å². The summed E-state index contributed by atoms with van der Waals surface area (Å²) in [6.45, 7) is 5.36. The summed E-state index contributed by atoms with van der Waals surface area (Å²) in [7, 11) is 0. The predicted molar refractivity (Wildman–Crippen MR) is 121 cm³/mol. The molecule has 2 rings (SSSR count). The first-order valence-corrected chi connectivity index (χ1v) is 11.1. The highest BCUT2D eigenvalue weighted by Gasteiger charge is 2.22. The molecule has 168 valence electrons. The van der Waals surface area contributed by atoms with Gasteiger partial charge in [0.15, 0.2) is 6.61 Å². The normalized spacial score (nSPS) is 10.5. The second-order valence-electron chi connectivity index (χ2n) is 6.44. The third kappa shape index (κ3) is 7.41. The number of ether oxygens (including phenoxy) is 3. The summed E-state index contributed by atoms with van der Waals surface area (Å²) in [5.41, 5.74) is 1.07. The van der Waals surface area contributed by atoms with Gasteiger partial charge in [0.05, 0.1) is 23.8 Å². The first kappa shape index (κ1) is 25.0. The molecule has 0 aliphatic carbocycles. The van der Waals surface area contributed by atoms with Crippen LogP contribution in [-0.2, 0) is 19.1 Å². The molecule has 0 fully saturated rings. The van der Waals surface area contributed by atoms with Gasteiger partial charge >= 0.3 is 11.9 Å². The van der Waals surface area contributed by atoms with Crippen LogP contribution in [0.15, 0.2) is 18.2 Å². The lowest BCUT2D eigenvalue weighted by molar-refractivity contribution is -0.147. The van der Waals surface area contributed by atoms with Crippen molar-refractivity contribution in [1.82, 2.24) is 0 Å². The third-order valence-electron chi connectivity index (χ3n) is 4.16. The van der Waals surface area contributed by atoms with Crippen molar-refractivity contribution in [2.24, 2.45) is 0 Å². The smallest absolute Gasteiger partial charge is 0.341 e. The molecule has 31 heavy (non-hydrogen) atoms. The number of hydrogen-bond donors (Lipinski definition) is 1. The Hall–Kier alpha value is -2.29. The fraction of sp³-hybridized carbons (Fsp3) is 0.381. The number of amides is 1. The Morgan fingerprint density at radius 2 is 1.87 bits per heavy atom. The summed E-state index contributed by atoms with van der Waals surface area (Å²) in [4.78, 5) is 37.1. The SMILES string of the molecule is CCOC(=O)c1c(NC(=O)COC(=O)CCCOc2ccc(Cl)cc2Cl)sc(C)c1C. The van der Waals surface area contributed by atoms with Crippen LogP contribution in [0.5, 0.6) is 5.75 Å². The Labute approximate surface area is 194 Å². The van der Waals surface area contributed by atoms with Crippen LogP contribution in [0.2, 0.25) is 10.0 Å². The average Bonchev–Trinajstić information content (AvgIpc) is 2.98. The van der Waals surface area contributed by atoms with Gasteiger partial charge in [-0.1, -0.05) is 23.2 Å². The van der Waals surface area contributed by atoms with Crippen molar-refractivity contribution in [3.8, 4) is 5.75 Å². The number of hydrogen-bond acceptors (Lipinski definition) is 7. The first-order valence-electron chi connectivity index (χ1n) is 9.53. The molecule has 0 atom stereocenters. The van der Waals surface area contributed by atoms with E-state index in [2.05, 4.69) is 5.32 Å². The average molecular weight is 488 g/mol. The summed E-state index contributed by atoms with van der Waals surface area (Å²) >= 11 is 13.1. The van der Waals surface area contributed by atoms with Gasteiger partial charge < -0.3 is 19.5 Å². The zero-order chi connectivity index (χ0) is 23.0. The lowest BCUT2D eigenvalue weighted by Gasteiger charge is -2.09. The Morgan fingerprint density at radius 1 is 1.13 bits per heavy atom. The molecule has 1 N–H and O–H groups in total. The zero-order valence-electron chi connectivity index (χ0n) is 17.4. The number of anilines is 1. The lowest BCUT2D eigenvalue weighted by atomic mass is 10.1. The highest BCUT2D eigenvalue weighted by molar-refractivity contribution is 7.16. The molecule has 1 aromatic heterocycles. The molecule has 1 amide bonds. The second-order valence-corrected chi connectivity index (χ2v) is 8.51. The molecular formula is C21H23Cl2NO6S. The topological polar surface area (TPSA) is 90.9 Å². The highest BCUT2D eigenvalue weighted by Crippen LogP contribution is 2.33. The Bertz CT molecular complexity index is 960. The van der Waals surface area contributed by atoms with E-state index in [4.69, 9.17) is 37.4 Å². The van der Waals surface area contributed by atoms with E-state index in [-0.39, 0.29) is 19.6 Å². The number of thiophene rings is 1. The van der Waals surface area contributed by atoms with Gasteiger partial charge in [0.25, 0.3) is 5.91 Å². The molecule has 0 bridgehead atoms. The number of benzene rings is 1. The van der Waals surface area contributed by atoms with E-state index >= 15 is 0 Å². The van der Waals surface area contributed by atoms with Crippen LogP contribution in [0.4, 0.5) is 5.00 Å². The summed E-state index contributed by atoms with van der Waals surface area (Å²) < 4.78 is 15.5. The molecule has 1 heterocycles. The number of carbonyl (C=O) groups is 3. The van der Waals surface area contributed by atoms with Gasteiger partial charge in [-0.15, -0.1) is 11.3 Å². The van der Waals surface area contributed by atoms with Crippen LogP contribution in [0.3, 0.4) is 0 Å². The van der Waals surface area contributed by atoms with Crippen LogP contribution in [0.25, 0.3) is 0 Å². The third-order valence-corrected chi connectivity index (χ3v) is 5.81. The number of rotatable bonds is 10. The molecule has 0 aliphatic heterocycles. The van der Waals surface area contributed by atoms with Gasteiger partial charge in [0, 0.05) is 16.3 Å². The van der Waals surface area contributed by atoms with Crippen molar-refractivity contribution < 1.29 is 28.6 Å². The Balaban J connectivity index is 1.77. The summed E-state index contributed by atoms with van der Waals surface area (Å²) in [5, 5.41) is 3.88. The van der Waals surface area contributed by atoms with Crippen molar-refractivity contribution in [3.05, 3.63) is 44.2 Å². The molecule has 10 heteroatoms. The number of aryl methyl sites for hydroxylation is 1. The van der Waals surface area contributed by atoms with Gasteiger partial charge in [-0.2, -0.15) is 0 Å². The monoisotopic (exact) mass is 487 g/mol. The molecular weight excluding hydrogens is 465 g/mol. The Kier molecular flexibility index (Phi) is 9.61. The zero-order valence-corrected chi connectivity index (χ0v) is 19.7. The molecule has 0 saturated heterocycles. The van der Waals surface area contributed by atoms with Crippen molar-refractivity contribution in [2.75, 3.05) is 25.1 Å². The van der Waals surface area contributed by atoms with Crippen molar-refractivity contribution in [3.63, 3.8) is 0 Å². The van der Waals surface area contributed by atoms with Gasteiger partial charge in [0.2, 0.25) is 0 Å². The molecule has 0 unspecified atom stereocenters.